The molecule has 92 valence electrons. The van der Waals surface area contributed by atoms with E-state index in [0.29, 0.717) is 17.3 Å². The second-order valence-corrected chi connectivity index (χ2v) is 4.05. The van der Waals surface area contributed by atoms with E-state index in [1.54, 1.807) is 18.6 Å². The Bertz CT molecular complexity index is 630. The monoisotopic (exact) mass is 269 g/mol. The second kappa shape index (κ2) is 5.07. The maximum atomic E-state index is 5.94. The van der Waals surface area contributed by atoms with Gasteiger partial charge in [-0.1, -0.05) is 6.07 Å². The summed E-state index contributed by atoms with van der Waals surface area (Å²) in [4.78, 5) is 20.8. The number of aromatic nitrogens is 5. The molecule has 0 aromatic carbocycles. The van der Waals surface area contributed by atoms with Crippen LogP contribution in [-0.2, 0) is 0 Å². The summed E-state index contributed by atoms with van der Waals surface area (Å²) in [6.45, 7) is 0. The van der Waals surface area contributed by atoms with Crippen molar-refractivity contribution < 1.29 is 0 Å². The average molecular weight is 270 g/mol. The molecule has 0 aliphatic heterocycles. The zero-order chi connectivity index (χ0) is 13.1. The number of halogens is 1. The first-order valence-corrected chi connectivity index (χ1v) is 5.94. The third kappa shape index (κ3) is 2.56. The molecule has 3 rings (SSSR count). The SMILES string of the molecule is Clc1nc(-c2cccnc2)nc(-c2ccccn2)n1. The first-order valence-electron chi connectivity index (χ1n) is 5.56. The van der Waals surface area contributed by atoms with Gasteiger partial charge in [-0.15, -0.1) is 0 Å². The first kappa shape index (κ1) is 11.7. The van der Waals surface area contributed by atoms with Crippen molar-refractivity contribution in [2.45, 2.75) is 0 Å². The highest BCUT2D eigenvalue weighted by Gasteiger charge is 2.09. The zero-order valence-corrected chi connectivity index (χ0v) is 10.5. The normalized spacial score (nSPS) is 10.4. The third-order valence-electron chi connectivity index (χ3n) is 2.42. The number of nitrogens with zero attached hydrogens (tertiary/aromatic N) is 5. The van der Waals surface area contributed by atoms with Gasteiger partial charge in [0, 0.05) is 24.2 Å². The summed E-state index contributed by atoms with van der Waals surface area (Å²) in [6.07, 6.45) is 5.04. The zero-order valence-electron chi connectivity index (χ0n) is 9.73. The fourth-order valence-electron chi connectivity index (χ4n) is 1.58. The highest BCUT2D eigenvalue weighted by Crippen LogP contribution is 2.19. The van der Waals surface area contributed by atoms with Crippen molar-refractivity contribution in [2.24, 2.45) is 0 Å². The topological polar surface area (TPSA) is 64.5 Å². The average Bonchev–Trinajstić information content (AvgIpc) is 2.48. The molecule has 0 atom stereocenters. The van der Waals surface area contributed by atoms with Crippen LogP contribution in [0.1, 0.15) is 0 Å². The van der Waals surface area contributed by atoms with Crippen molar-refractivity contribution in [3.8, 4) is 22.9 Å². The molecule has 0 fully saturated rings. The smallest absolute Gasteiger partial charge is 0.226 e. The third-order valence-corrected chi connectivity index (χ3v) is 2.59. The highest BCUT2D eigenvalue weighted by molar-refractivity contribution is 6.28. The van der Waals surface area contributed by atoms with Crippen LogP contribution < -0.4 is 0 Å². The standard InChI is InChI=1S/C13H8ClN5/c14-13-18-11(9-4-3-6-15-8-9)17-12(19-13)10-5-1-2-7-16-10/h1-8H. The van der Waals surface area contributed by atoms with Crippen molar-refractivity contribution in [1.82, 2.24) is 24.9 Å². The molecular formula is C13H8ClN5. The lowest BCUT2D eigenvalue weighted by Gasteiger charge is -2.03. The van der Waals surface area contributed by atoms with E-state index in [2.05, 4.69) is 24.9 Å². The van der Waals surface area contributed by atoms with E-state index in [4.69, 9.17) is 11.6 Å². The van der Waals surface area contributed by atoms with E-state index in [-0.39, 0.29) is 5.28 Å². The van der Waals surface area contributed by atoms with Crippen LogP contribution in [0.15, 0.2) is 48.9 Å². The predicted octanol–water partition coefficient (Wildman–Crippen LogP) is 2.65. The van der Waals surface area contributed by atoms with Gasteiger partial charge >= 0.3 is 0 Å². The number of rotatable bonds is 2. The van der Waals surface area contributed by atoms with Gasteiger partial charge in [0.05, 0.1) is 0 Å². The molecule has 19 heavy (non-hydrogen) atoms. The van der Waals surface area contributed by atoms with Crippen LogP contribution in [-0.4, -0.2) is 24.9 Å². The minimum Gasteiger partial charge on any atom is -0.264 e. The molecule has 0 radical (unpaired) electrons. The molecule has 0 saturated heterocycles. The molecule has 0 spiro atoms. The highest BCUT2D eigenvalue weighted by atomic mass is 35.5. The molecule has 5 nitrogen and oxygen atoms in total. The summed E-state index contributed by atoms with van der Waals surface area (Å²) in [5.41, 5.74) is 1.43. The summed E-state index contributed by atoms with van der Waals surface area (Å²) >= 11 is 5.94. The Kier molecular flexibility index (Phi) is 3.12. The molecular weight excluding hydrogens is 262 g/mol. The lowest BCUT2D eigenvalue weighted by atomic mass is 10.2. The largest absolute Gasteiger partial charge is 0.264 e. The van der Waals surface area contributed by atoms with Gasteiger partial charge in [0.25, 0.3) is 0 Å². The Morgan fingerprint density at radius 2 is 1.74 bits per heavy atom. The summed E-state index contributed by atoms with van der Waals surface area (Å²) in [5, 5.41) is 0.134. The van der Waals surface area contributed by atoms with Crippen LogP contribution in [0.5, 0.6) is 0 Å². The van der Waals surface area contributed by atoms with Crippen molar-refractivity contribution in [3.05, 3.63) is 54.2 Å². The van der Waals surface area contributed by atoms with Crippen LogP contribution in [0, 0.1) is 0 Å². The summed E-state index contributed by atoms with van der Waals surface area (Å²) in [5.74, 6) is 0.924. The molecule has 3 aromatic rings. The van der Waals surface area contributed by atoms with E-state index >= 15 is 0 Å². The molecule has 0 aliphatic rings. The van der Waals surface area contributed by atoms with Crippen LogP contribution in [0.4, 0.5) is 0 Å². The van der Waals surface area contributed by atoms with Crippen molar-refractivity contribution in [1.29, 1.82) is 0 Å². The quantitative estimate of drug-likeness (QED) is 0.716. The van der Waals surface area contributed by atoms with Gasteiger partial charge in [-0.2, -0.15) is 9.97 Å². The van der Waals surface area contributed by atoms with Crippen LogP contribution in [0.2, 0.25) is 5.28 Å². The maximum absolute atomic E-state index is 5.94. The Morgan fingerprint density at radius 1 is 0.842 bits per heavy atom. The van der Waals surface area contributed by atoms with E-state index in [1.807, 2.05) is 30.3 Å². The number of hydrogen-bond acceptors (Lipinski definition) is 5. The van der Waals surface area contributed by atoms with Gasteiger partial charge in [0.15, 0.2) is 11.6 Å². The van der Waals surface area contributed by atoms with Crippen LogP contribution >= 0.6 is 11.6 Å². The lowest BCUT2D eigenvalue weighted by molar-refractivity contribution is 1.05. The Labute approximate surface area is 114 Å². The number of hydrogen-bond donors (Lipinski definition) is 0. The van der Waals surface area contributed by atoms with Gasteiger partial charge in [-0.3, -0.25) is 9.97 Å². The van der Waals surface area contributed by atoms with Crippen LogP contribution in [0.25, 0.3) is 22.9 Å². The first-order chi connectivity index (χ1) is 9.33. The second-order valence-electron chi connectivity index (χ2n) is 3.71. The molecule has 3 heterocycles. The van der Waals surface area contributed by atoms with Gasteiger partial charge in [-0.05, 0) is 35.9 Å². The Hall–Kier alpha value is -2.40. The summed E-state index contributed by atoms with van der Waals surface area (Å²) in [6, 6.07) is 9.19. The van der Waals surface area contributed by atoms with E-state index in [0.717, 1.165) is 5.56 Å². The van der Waals surface area contributed by atoms with E-state index in [9.17, 15) is 0 Å². The van der Waals surface area contributed by atoms with Gasteiger partial charge in [-0.25, -0.2) is 4.98 Å². The fourth-order valence-corrected chi connectivity index (χ4v) is 1.74. The molecule has 3 aromatic heterocycles. The predicted molar refractivity (Wildman–Crippen MR) is 71.3 cm³/mol. The van der Waals surface area contributed by atoms with E-state index < -0.39 is 0 Å². The minimum absolute atomic E-state index is 0.134. The molecule has 6 heteroatoms. The molecule has 0 aliphatic carbocycles. The van der Waals surface area contributed by atoms with Gasteiger partial charge in [0.2, 0.25) is 5.28 Å². The Balaban J connectivity index is 2.12. The van der Waals surface area contributed by atoms with Gasteiger partial charge < -0.3 is 0 Å². The molecule has 0 bridgehead atoms. The van der Waals surface area contributed by atoms with Crippen molar-refractivity contribution in [2.75, 3.05) is 0 Å². The summed E-state index contributed by atoms with van der Waals surface area (Å²) in [7, 11) is 0. The molecule has 0 saturated carbocycles. The van der Waals surface area contributed by atoms with E-state index in [1.165, 1.54) is 0 Å². The maximum Gasteiger partial charge on any atom is 0.226 e. The molecule has 0 unspecified atom stereocenters. The van der Waals surface area contributed by atoms with Gasteiger partial charge in [0.1, 0.15) is 5.69 Å². The van der Waals surface area contributed by atoms with Crippen molar-refractivity contribution in [3.63, 3.8) is 0 Å². The minimum atomic E-state index is 0.134. The fraction of sp³-hybridized carbons (Fsp3) is 0. The van der Waals surface area contributed by atoms with Crippen LogP contribution in [0.3, 0.4) is 0 Å². The molecule has 0 amide bonds. The van der Waals surface area contributed by atoms with Crippen molar-refractivity contribution >= 4 is 11.6 Å². The lowest BCUT2D eigenvalue weighted by Crippen LogP contribution is -1.98. The Morgan fingerprint density at radius 3 is 2.47 bits per heavy atom. The summed E-state index contributed by atoms with van der Waals surface area (Å²) < 4.78 is 0. The number of pyridine rings is 2. The molecule has 0 N–H and O–H groups in total.